The summed E-state index contributed by atoms with van der Waals surface area (Å²) in [7, 11) is 0. The van der Waals surface area contributed by atoms with Crippen molar-refractivity contribution in [2.24, 2.45) is 4.99 Å². The molecule has 0 aliphatic carbocycles. The van der Waals surface area contributed by atoms with E-state index in [2.05, 4.69) is 9.98 Å². The number of aromatic nitrogens is 2. The van der Waals surface area contributed by atoms with Crippen LogP contribution < -0.4 is 11.2 Å². The van der Waals surface area contributed by atoms with Crippen LogP contribution in [0.3, 0.4) is 0 Å². The van der Waals surface area contributed by atoms with Crippen molar-refractivity contribution >= 4 is 23.5 Å². The lowest BCUT2D eigenvalue weighted by atomic mass is 10.2. The standard InChI is InChI=1S/C17H12ClN3O4/c18-10-3-1-5-12(7-10)21-16(24)14(15(23)20-17(21)25)9-19-11-4-2-6-13(22)8-11/h1-9,22,24H,(H,20,23,25). The van der Waals surface area contributed by atoms with E-state index in [0.29, 0.717) is 16.4 Å². The van der Waals surface area contributed by atoms with Crippen molar-refractivity contribution in [3.63, 3.8) is 0 Å². The van der Waals surface area contributed by atoms with E-state index in [1.807, 2.05) is 0 Å². The molecule has 0 bridgehead atoms. The largest absolute Gasteiger partial charge is 0.508 e. The molecule has 0 spiro atoms. The van der Waals surface area contributed by atoms with Crippen LogP contribution in [0.5, 0.6) is 11.6 Å². The van der Waals surface area contributed by atoms with Crippen LogP contribution in [0.4, 0.5) is 5.69 Å². The van der Waals surface area contributed by atoms with Gasteiger partial charge in [-0.25, -0.2) is 9.36 Å². The normalized spacial score (nSPS) is 11.1. The number of aromatic amines is 1. The molecule has 1 heterocycles. The predicted molar refractivity (Wildman–Crippen MR) is 94.7 cm³/mol. The van der Waals surface area contributed by atoms with Crippen LogP contribution in [0.25, 0.3) is 5.69 Å². The molecule has 0 aliphatic rings. The molecule has 0 fully saturated rings. The van der Waals surface area contributed by atoms with Crippen molar-refractivity contribution in [2.45, 2.75) is 0 Å². The van der Waals surface area contributed by atoms with Crippen molar-refractivity contribution in [1.29, 1.82) is 0 Å². The highest BCUT2D eigenvalue weighted by Gasteiger charge is 2.14. The van der Waals surface area contributed by atoms with Crippen LogP contribution in [-0.4, -0.2) is 26.0 Å². The first-order chi connectivity index (χ1) is 12.0. The zero-order valence-electron chi connectivity index (χ0n) is 12.7. The van der Waals surface area contributed by atoms with Gasteiger partial charge in [0.25, 0.3) is 5.56 Å². The summed E-state index contributed by atoms with van der Waals surface area (Å²) in [5.74, 6) is -0.559. The Morgan fingerprint density at radius 3 is 2.56 bits per heavy atom. The lowest BCUT2D eigenvalue weighted by Gasteiger charge is -2.09. The number of phenolic OH excluding ortho intramolecular Hbond substituents is 1. The molecule has 3 N–H and O–H groups in total. The lowest BCUT2D eigenvalue weighted by molar-refractivity contribution is 0.430. The van der Waals surface area contributed by atoms with Gasteiger partial charge in [-0.2, -0.15) is 0 Å². The molecule has 0 atom stereocenters. The van der Waals surface area contributed by atoms with Crippen molar-refractivity contribution in [1.82, 2.24) is 9.55 Å². The van der Waals surface area contributed by atoms with Gasteiger partial charge in [0.05, 0.1) is 11.4 Å². The number of nitrogens with zero attached hydrogens (tertiary/aromatic N) is 2. The van der Waals surface area contributed by atoms with Crippen molar-refractivity contribution in [2.75, 3.05) is 0 Å². The number of aliphatic imine (C=N–C) groups is 1. The molecule has 2 aromatic carbocycles. The third kappa shape index (κ3) is 3.46. The van der Waals surface area contributed by atoms with Gasteiger partial charge >= 0.3 is 5.69 Å². The highest BCUT2D eigenvalue weighted by Crippen LogP contribution is 2.21. The van der Waals surface area contributed by atoms with Crippen LogP contribution >= 0.6 is 11.6 Å². The second-order valence-electron chi connectivity index (χ2n) is 5.09. The number of aromatic hydroxyl groups is 2. The average Bonchev–Trinajstić information content (AvgIpc) is 2.54. The SMILES string of the molecule is O=c1[nH]c(=O)n(-c2cccc(Cl)c2)c(O)c1C=Nc1cccc(O)c1. The monoisotopic (exact) mass is 357 g/mol. The van der Waals surface area contributed by atoms with Gasteiger partial charge in [-0.05, 0) is 30.3 Å². The molecule has 25 heavy (non-hydrogen) atoms. The van der Waals surface area contributed by atoms with Crippen molar-refractivity contribution in [3.8, 4) is 17.3 Å². The lowest BCUT2D eigenvalue weighted by Crippen LogP contribution is -2.31. The molecule has 1 aromatic heterocycles. The number of H-pyrrole nitrogens is 1. The van der Waals surface area contributed by atoms with Crippen LogP contribution in [0, 0.1) is 0 Å². The maximum absolute atomic E-state index is 12.1. The van der Waals surface area contributed by atoms with Gasteiger partial charge in [0.2, 0.25) is 5.88 Å². The van der Waals surface area contributed by atoms with Crippen molar-refractivity contribution < 1.29 is 10.2 Å². The Kier molecular flexibility index (Phi) is 4.40. The number of benzene rings is 2. The molecule has 0 radical (unpaired) electrons. The summed E-state index contributed by atoms with van der Waals surface area (Å²) in [6, 6.07) is 12.3. The highest BCUT2D eigenvalue weighted by atomic mass is 35.5. The molecule has 7 nitrogen and oxygen atoms in total. The van der Waals surface area contributed by atoms with Gasteiger partial charge in [-0.3, -0.25) is 14.8 Å². The fourth-order valence-electron chi connectivity index (χ4n) is 2.22. The first kappa shape index (κ1) is 16.5. The Balaban J connectivity index is 2.14. The van der Waals surface area contributed by atoms with E-state index in [1.54, 1.807) is 30.3 Å². The first-order valence-electron chi connectivity index (χ1n) is 7.13. The maximum Gasteiger partial charge on any atom is 0.335 e. The zero-order chi connectivity index (χ0) is 18.0. The third-order valence-electron chi connectivity index (χ3n) is 3.36. The van der Waals surface area contributed by atoms with Gasteiger partial charge < -0.3 is 10.2 Å². The number of hydrogen-bond acceptors (Lipinski definition) is 5. The van der Waals surface area contributed by atoms with Gasteiger partial charge in [-0.15, -0.1) is 0 Å². The van der Waals surface area contributed by atoms with E-state index in [0.717, 1.165) is 10.8 Å². The fraction of sp³-hybridized carbons (Fsp3) is 0. The quantitative estimate of drug-likeness (QED) is 0.625. The number of halogens is 1. The molecule has 126 valence electrons. The summed E-state index contributed by atoms with van der Waals surface area (Å²) >= 11 is 5.91. The first-order valence-corrected chi connectivity index (χ1v) is 7.51. The van der Waals surface area contributed by atoms with Crippen LogP contribution in [-0.2, 0) is 0 Å². The maximum atomic E-state index is 12.1. The molecule has 0 saturated carbocycles. The highest BCUT2D eigenvalue weighted by molar-refractivity contribution is 6.30. The Hall–Kier alpha value is -3.32. The van der Waals surface area contributed by atoms with Crippen LogP contribution in [0.1, 0.15) is 5.56 Å². The Labute approximate surface area is 146 Å². The predicted octanol–water partition coefficient (Wildman–Crippen LogP) is 2.34. The average molecular weight is 358 g/mol. The van der Waals surface area contributed by atoms with Crippen LogP contribution in [0.2, 0.25) is 5.02 Å². The second-order valence-corrected chi connectivity index (χ2v) is 5.53. The topological polar surface area (TPSA) is 108 Å². The minimum atomic E-state index is -0.806. The van der Waals surface area contributed by atoms with Crippen LogP contribution in [0.15, 0.2) is 63.1 Å². The summed E-state index contributed by atoms with van der Waals surface area (Å²) in [5.41, 5.74) is -1.13. The molecule has 0 amide bonds. The molecular formula is C17H12ClN3O4. The molecule has 0 unspecified atom stereocenters. The smallest absolute Gasteiger partial charge is 0.335 e. The van der Waals surface area contributed by atoms with E-state index < -0.39 is 17.1 Å². The number of phenols is 1. The van der Waals surface area contributed by atoms with E-state index in [9.17, 15) is 19.8 Å². The summed E-state index contributed by atoms with van der Waals surface area (Å²) in [6.45, 7) is 0. The summed E-state index contributed by atoms with van der Waals surface area (Å²) in [4.78, 5) is 30.2. The Morgan fingerprint density at radius 2 is 1.84 bits per heavy atom. The minimum absolute atomic E-state index is 0.0108. The molecule has 8 heteroatoms. The van der Waals surface area contributed by atoms with Gasteiger partial charge in [-0.1, -0.05) is 23.7 Å². The second kappa shape index (κ2) is 6.66. The molecule has 3 rings (SSSR count). The van der Waals surface area contributed by atoms with E-state index in [4.69, 9.17) is 11.6 Å². The van der Waals surface area contributed by atoms with E-state index >= 15 is 0 Å². The number of nitrogens with one attached hydrogen (secondary N) is 1. The summed E-state index contributed by atoms with van der Waals surface area (Å²) in [6.07, 6.45) is 1.11. The summed E-state index contributed by atoms with van der Waals surface area (Å²) in [5, 5.41) is 20.2. The van der Waals surface area contributed by atoms with Gasteiger partial charge in [0.15, 0.2) is 0 Å². The minimum Gasteiger partial charge on any atom is -0.508 e. The van der Waals surface area contributed by atoms with E-state index in [1.165, 1.54) is 18.2 Å². The molecule has 3 aromatic rings. The molecule has 0 aliphatic heterocycles. The van der Waals surface area contributed by atoms with E-state index in [-0.39, 0.29) is 11.3 Å². The zero-order valence-corrected chi connectivity index (χ0v) is 13.4. The van der Waals surface area contributed by atoms with Gasteiger partial charge in [0.1, 0.15) is 11.3 Å². The number of hydrogen-bond donors (Lipinski definition) is 3. The molecular weight excluding hydrogens is 346 g/mol. The Morgan fingerprint density at radius 1 is 1.08 bits per heavy atom. The molecule has 0 saturated heterocycles. The Bertz CT molecular complexity index is 1090. The third-order valence-corrected chi connectivity index (χ3v) is 3.59. The van der Waals surface area contributed by atoms with Crippen molar-refractivity contribution in [3.05, 3.63) is 80.0 Å². The summed E-state index contributed by atoms with van der Waals surface area (Å²) < 4.78 is 0.914. The van der Waals surface area contributed by atoms with Gasteiger partial charge in [0, 0.05) is 17.3 Å². The fourth-order valence-corrected chi connectivity index (χ4v) is 2.41. The number of rotatable bonds is 3.